The van der Waals surface area contributed by atoms with Gasteiger partial charge in [0.1, 0.15) is 5.82 Å². The van der Waals surface area contributed by atoms with E-state index in [0.717, 1.165) is 10.0 Å². The van der Waals surface area contributed by atoms with E-state index in [2.05, 4.69) is 36.9 Å². The van der Waals surface area contributed by atoms with Gasteiger partial charge in [-0.15, -0.1) is 24.0 Å². The molecular weight excluding hydrogens is 526 g/mol. The molecule has 0 fully saturated rings. The van der Waals surface area contributed by atoms with E-state index >= 15 is 0 Å². The summed E-state index contributed by atoms with van der Waals surface area (Å²) >= 11 is 3.34. The Labute approximate surface area is 184 Å². The summed E-state index contributed by atoms with van der Waals surface area (Å²) in [5.74, 6) is 0.284. The maximum Gasteiger partial charge on any atom is 0.251 e. The number of aryl methyl sites for hydroxylation is 1. The zero-order valence-electron chi connectivity index (χ0n) is 15.2. The van der Waals surface area contributed by atoms with Gasteiger partial charge in [-0.2, -0.15) is 0 Å². The predicted octanol–water partition coefficient (Wildman–Crippen LogP) is 3.61. The number of hydrogen-bond donors (Lipinski definition) is 3. The molecule has 0 heterocycles. The second kappa shape index (κ2) is 11.9. The number of guanidine groups is 1. The summed E-state index contributed by atoms with van der Waals surface area (Å²) in [5.41, 5.74) is 2.20. The van der Waals surface area contributed by atoms with Gasteiger partial charge in [-0.25, -0.2) is 4.39 Å². The molecule has 0 aliphatic rings. The topological polar surface area (TPSA) is 65.5 Å². The number of benzene rings is 2. The molecule has 1 amide bonds. The maximum absolute atomic E-state index is 13.3. The number of nitrogens with zero attached hydrogens (tertiary/aromatic N) is 1. The molecule has 0 saturated heterocycles. The lowest BCUT2D eigenvalue weighted by molar-refractivity contribution is 0.0954. The smallest absolute Gasteiger partial charge is 0.251 e. The van der Waals surface area contributed by atoms with Crippen molar-refractivity contribution in [1.29, 1.82) is 0 Å². The Morgan fingerprint density at radius 1 is 1.07 bits per heavy atom. The summed E-state index contributed by atoms with van der Waals surface area (Å²) in [7, 11) is 1.67. The van der Waals surface area contributed by atoms with Crippen LogP contribution in [-0.2, 0) is 6.54 Å². The first-order valence-electron chi connectivity index (χ1n) is 8.23. The van der Waals surface area contributed by atoms with E-state index in [-0.39, 0.29) is 35.7 Å². The van der Waals surface area contributed by atoms with E-state index in [0.29, 0.717) is 36.7 Å². The van der Waals surface area contributed by atoms with Gasteiger partial charge in [0.15, 0.2) is 5.96 Å². The van der Waals surface area contributed by atoms with Gasteiger partial charge in [-0.05, 0) is 48.4 Å². The molecule has 0 aliphatic heterocycles. The summed E-state index contributed by atoms with van der Waals surface area (Å²) in [6.45, 7) is 3.27. The summed E-state index contributed by atoms with van der Waals surface area (Å²) < 4.78 is 14.2. The monoisotopic (exact) mass is 548 g/mol. The van der Waals surface area contributed by atoms with E-state index < -0.39 is 0 Å². The fraction of sp³-hybridized carbons (Fsp3) is 0.263. The van der Waals surface area contributed by atoms with Crippen LogP contribution in [-0.4, -0.2) is 32.0 Å². The molecule has 0 saturated carbocycles. The number of carbonyl (C=O) groups is 1. The van der Waals surface area contributed by atoms with Crippen LogP contribution < -0.4 is 16.0 Å². The van der Waals surface area contributed by atoms with Crippen molar-refractivity contribution in [2.24, 2.45) is 4.99 Å². The van der Waals surface area contributed by atoms with Crippen LogP contribution in [0.5, 0.6) is 0 Å². The maximum atomic E-state index is 13.3. The van der Waals surface area contributed by atoms with Crippen molar-refractivity contribution in [2.45, 2.75) is 13.5 Å². The van der Waals surface area contributed by atoms with Gasteiger partial charge in [0, 0.05) is 36.7 Å². The molecule has 3 N–H and O–H groups in total. The molecule has 146 valence electrons. The third-order valence-corrected chi connectivity index (χ3v) is 4.24. The van der Waals surface area contributed by atoms with Crippen LogP contribution in [0.15, 0.2) is 51.9 Å². The molecule has 8 heteroatoms. The Morgan fingerprint density at radius 2 is 1.74 bits per heavy atom. The van der Waals surface area contributed by atoms with Gasteiger partial charge in [-0.1, -0.05) is 28.1 Å². The minimum Gasteiger partial charge on any atom is -0.355 e. The van der Waals surface area contributed by atoms with E-state index in [1.54, 1.807) is 38.2 Å². The molecule has 2 rings (SSSR count). The van der Waals surface area contributed by atoms with Crippen LogP contribution in [0, 0.1) is 12.7 Å². The number of rotatable bonds is 6. The molecule has 0 bridgehead atoms. The standard InChI is InChI=1S/C19H22BrFN4O.HI/c1-13-11-14(3-8-17(13)21)12-25-19(22-2)24-10-9-23-18(26)15-4-6-16(20)7-5-15;/h3-8,11H,9-10,12H2,1-2H3,(H,23,26)(H2,22,24,25);1H. The number of carbonyl (C=O) groups excluding carboxylic acids is 1. The SMILES string of the molecule is CN=C(NCCNC(=O)c1ccc(Br)cc1)NCc1ccc(F)c(C)c1.I. The Kier molecular flexibility index (Phi) is 10.3. The zero-order valence-corrected chi connectivity index (χ0v) is 19.1. The second-order valence-corrected chi connectivity index (χ2v) is 6.61. The third-order valence-electron chi connectivity index (χ3n) is 3.72. The van der Waals surface area contributed by atoms with Gasteiger partial charge in [0.2, 0.25) is 0 Å². The highest BCUT2D eigenvalue weighted by molar-refractivity contribution is 14.0. The first-order valence-corrected chi connectivity index (χ1v) is 9.02. The molecule has 0 spiro atoms. The zero-order chi connectivity index (χ0) is 18.9. The van der Waals surface area contributed by atoms with Crippen LogP contribution in [0.4, 0.5) is 4.39 Å². The van der Waals surface area contributed by atoms with Gasteiger partial charge < -0.3 is 16.0 Å². The fourth-order valence-electron chi connectivity index (χ4n) is 2.28. The molecule has 0 unspecified atom stereocenters. The first kappa shape index (κ1) is 23.4. The van der Waals surface area contributed by atoms with Crippen LogP contribution in [0.1, 0.15) is 21.5 Å². The van der Waals surface area contributed by atoms with Crippen molar-refractivity contribution in [3.63, 3.8) is 0 Å². The molecular formula is C19H23BrFIN4O. The quantitative estimate of drug-likeness (QED) is 0.224. The Hall–Kier alpha value is -1.68. The molecule has 5 nitrogen and oxygen atoms in total. The van der Waals surface area contributed by atoms with E-state index in [1.807, 2.05) is 12.1 Å². The van der Waals surface area contributed by atoms with Crippen molar-refractivity contribution in [3.8, 4) is 0 Å². The molecule has 0 radical (unpaired) electrons. The number of halogens is 3. The highest BCUT2D eigenvalue weighted by atomic mass is 127. The average molecular weight is 549 g/mol. The molecule has 2 aromatic carbocycles. The number of amides is 1. The lowest BCUT2D eigenvalue weighted by Gasteiger charge is -2.13. The lowest BCUT2D eigenvalue weighted by Crippen LogP contribution is -2.41. The first-order chi connectivity index (χ1) is 12.5. The molecule has 0 atom stereocenters. The molecule has 0 aliphatic carbocycles. The van der Waals surface area contributed by atoms with Crippen molar-refractivity contribution in [3.05, 3.63) is 69.4 Å². The van der Waals surface area contributed by atoms with Crippen molar-refractivity contribution >= 4 is 51.8 Å². The van der Waals surface area contributed by atoms with Crippen molar-refractivity contribution in [1.82, 2.24) is 16.0 Å². The fourth-order valence-corrected chi connectivity index (χ4v) is 2.55. The largest absolute Gasteiger partial charge is 0.355 e. The van der Waals surface area contributed by atoms with Crippen LogP contribution >= 0.6 is 39.9 Å². The Balaban J connectivity index is 0.00000364. The number of nitrogens with one attached hydrogen (secondary N) is 3. The van der Waals surface area contributed by atoms with Crippen molar-refractivity contribution < 1.29 is 9.18 Å². The van der Waals surface area contributed by atoms with Gasteiger partial charge >= 0.3 is 0 Å². The Morgan fingerprint density at radius 3 is 2.37 bits per heavy atom. The summed E-state index contributed by atoms with van der Waals surface area (Å²) in [6, 6.07) is 12.2. The summed E-state index contributed by atoms with van der Waals surface area (Å²) in [6.07, 6.45) is 0. The number of hydrogen-bond acceptors (Lipinski definition) is 2. The van der Waals surface area contributed by atoms with Gasteiger partial charge in [-0.3, -0.25) is 9.79 Å². The van der Waals surface area contributed by atoms with Crippen LogP contribution in [0.2, 0.25) is 0 Å². The van der Waals surface area contributed by atoms with Gasteiger partial charge in [0.25, 0.3) is 5.91 Å². The van der Waals surface area contributed by atoms with E-state index in [1.165, 1.54) is 6.07 Å². The Bertz CT molecular complexity index is 784. The molecule has 27 heavy (non-hydrogen) atoms. The predicted molar refractivity (Wildman–Crippen MR) is 121 cm³/mol. The minimum atomic E-state index is -0.210. The van der Waals surface area contributed by atoms with Crippen molar-refractivity contribution in [2.75, 3.05) is 20.1 Å². The number of aliphatic imine (C=N–C) groups is 1. The summed E-state index contributed by atoms with van der Waals surface area (Å²) in [5, 5.41) is 9.13. The molecule has 2 aromatic rings. The minimum absolute atomic E-state index is 0. The van der Waals surface area contributed by atoms with E-state index in [4.69, 9.17) is 0 Å². The van der Waals surface area contributed by atoms with Crippen LogP contribution in [0.3, 0.4) is 0 Å². The molecule has 0 aromatic heterocycles. The lowest BCUT2D eigenvalue weighted by atomic mass is 10.1. The van der Waals surface area contributed by atoms with Crippen LogP contribution in [0.25, 0.3) is 0 Å². The highest BCUT2D eigenvalue weighted by Gasteiger charge is 2.05. The van der Waals surface area contributed by atoms with Gasteiger partial charge in [0.05, 0.1) is 0 Å². The average Bonchev–Trinajstić information content (AvgIpc) is 2.64. The second-order valence-electron chi connectivity index (χ2n) is 5.70. The third kappa shape index (κ3) is 7.84. The van der Waals surface area contributed by atoms with E-state index in [9.17, 15) is 9.18 Å². The normalized spacial score (nSPS) is 10.7. The highest BCUT2D eigenvalue weighted by Crippen LogP contribution is 2.10. The summed E-state index contributed by atoms with van der Waals surface area (Å²) in [4.78, 5) is 16.1.